The molecule has 1 heterocycles. The number of hydrogen-bond acceptors (Lipinski definition) is 3. The first kappa shape index (κ1) is 15.6. The highest BCUT2D eigenvalue weighted by molar-refractivity contribution is 5.93. The molecule has 120 valence electrons. The molecule has 3 N–H and O–H groups in total. The number of primary amides is 1. The number of amides is 1. The molecule has 0 aromatic heterocycles. The van der Waals surface area contributed by atoms with Crippen LogP contribution in [0.25, 0.3) is 0 Å². The van der Waals surface area contributed by atoms with Gasteiger partial charge in [-0.2, -0.15) is 0 Å². The highest BCUT2D eigenvalue weighted by atomic mass is 16.1. The van der Waals surface area contributed by atoms with Gasteiger partial charge in [0, 0.05) is 36.4 Å². The van der Waals surface area contributed by atoms with Crippen LogP contribution in [0.5, 0.6) is 0 Å². The van der Waals surface area contributed by atoms with Crippen molar-refractivity contribution >= 4 is 11.6 Å². The monoisotopic (exact) mass is 309 g/mol. The third kappa shape index (κ3) is 3.90. The highest BCUT2D eigenvalue weighted by Crippen LogP contribution is 2.23. The Morgan fingerprint density at radius 1 is 1.17 bits per heavy atom. The molecule has 0 spiro atoms. The van der Waals surface area contributed by atoms with Gasteiger partial charge in [0.15, 0.2) is 0 Å². The Balaban J connectivity index is 1.59. The minimum absolute atomic E-state index is 0.389. The Morgan fingerprint density at radius 2 is 1.87 bits per heavy atom. The molecule has 0 aliphatic carbocycles. The van der Waals surface area contributed by atoms with Crippen molar-refractivity contribution in [1.82, 2.24) is 4.90 Å². The van der Waals surface area contributed by atoms with Gasteiger partial charge in [-0.1, -0.05) is 30.3 Å². The molecule has 1 fully saturated rings. The lowest BCUT2D eigenvalue weighted by Gasteiger charge is -2.21. The van der Waals surface area contributed by atoms with Crippen LogP contribution in [0.3, 0.4) is 0 Å². The average Bonchev–Trinajstić information content (AvgIpc) is 2.88. The van der Waals surface area contributed by atoms with E-state index in [0.29, 0.717) is 17.6 Å². The fraction of sp³-hybridized carbons (Fsp3) is 0.316. The molecule has 23 heavy (non-hydrogen) atoms. The van der Waals surface area contributed by atoms with E-state index in [9.17, 15) is 4.79 Å². The lowest BCUT2D eigenvalue weighted by Crippen LogP contribution is -2.28. The summed E-state index contributed by atoms with van der Waals surface area (Å²) in [6, 6.07) is 18.9. The second-order valence-electron chi connectivity index (χ2n) is 6.28. The Bertz CT molecular complexity index is 654. The summed E-state index contributed by atoms with van der Waals surface area (Å²) in [7, 11) is 0. The molecule has 2 atom stereocenters. The Hall–Kier alpha value is -2.33. The number of anilines is 1. The van der Waals surface area contributed by atoms with E-state index in [1.165, 1.54) is 5.56 Å². The Morgan fingerprint density at radius 3 is 2.52 bits per heavy atom. The van der Waals surface area contributed by atoms with Crippen molar-refractivity contribution in [1.29, 1.82) is 0 Å². The van der Waals surface area contributed by atoms with E-state index >= 15 is 0 Å². The number of carbonyl (C=O) groups is 1. The quantitative estimate of drug-likeness (QED) is 0.893. The summed E-state index contributed by atoms with van der Waals surface area (Å²) in [5, 5.41) is 3.56. The molecule has 2 unspecified atom stereocenters. The van der Waals surface area contributed by atoms with Gasteiger partial charge >= 0.3 is 0 Å². The number of nitrogens with two attached hydrogens (primary N) is 1. The minimum atomic E-state index is -0.389. The summed E-state index contributed by atoms with van der Waals surface area (Å²) >= 11 is 0. The van der Waals surface area contributed by atoms with Gasteiger partial charge in [-0.3, -0.25) is 9.69 Å². The topological polar surface area (TPSA) is 58.4 Å². The van der Waals surface area contributed by atoms with Crippen LogP contribution < -0.4 is 11.1 Å². The summed E-state index contributed by atoms with van der Waals surface area (Å²) in [6.45, 7) is 4.29. The summed E-state index contributed by atoms with van der Waals surface area (Å²) in [5.74, 6) is -0.389. The van der Waals surface area contributed by atoms with E-state index in [0.717, 1.165) is 25.2 Å². The van der Waals surface area contributed by atoms with E-state index in [2.05, 4.69) is 47.5 Å². The third-order valence-electron chi connectivity index (χ3n) is 4.47. The van der Waals surface area contributed by atoms with Crippen molar-refractivity contribution in [2.45, 2.75) is 32.0 Å². The normalized spacial score (nSPS) is 21.3. The largest absolute Gasteiger partial charge is 0.381 e. The second-order valence-corrected chi connectivity index (χ2v) is 6.28. The predicted octanol–water partition coefficient (Wildman–Crippen LogP) is 2.86. The molecule has 1 aliphatic rings. The molecule has 3 rings (SSSR count). The molecule has 2 aromatic rings. The van der Waals surface area contributed by atoms with Gasteiger partial charge in [-0.15, -0.1) is 0 Å². The van der Waals surface area contributed by atoms with Crippen LogP contribution in [0.2, 0.25) is 0 Å². The van der Waals surface area contributed by atoms with Crippen LogP contribution in [0.15, 0.2) is 54.6 Å². The Kier molecular flexibility index (Phi) is 4.63. The van der Waals surface area contributed by atoms with Crippen molar-refractivity contribution in [3.05, 3.63) is 65.7 Å². The maximum Gasteiger partial charge on any atom is 0.248 e. The number of likely N-dealkylation sites (tertiary alicyclic amines) is 1. The molecule has 0 saturated carbocycles. The number of rotatable bonds is 5. The van der Waals surface area contributed by atoms with Crippen LogP contribution in [-0.4, -0.2) is 29.4 Å². The minimum Gasteiger partial charge on any atom is -0.381 e. The maximum atomic E-state index is 11.1. The van der Waals surface area contributed by atoms with E-state index in [-0.39, 0.29) is 5.91 Å². The highest BCUT2D eigenvalue weighted by Gasteiger charge is 2.28. The molecule has 2 aromatic carbocycles. The van der Waals surface area contributed by atoms with Gasteiger partial charge in [0.05, 0.1) is 0 Å². The SMILES string of the molecule is CC1CC(Nc2ccc(C(N)=O)cc2)CN1Cc1ccccc1. The van der Waals surface area contributed by atoms with Crippen LogP contribution in [0.1, 0.15) is 29.3 Å². The van der Waals surface area contributed by atoms with Crippen LogP contribution >= 0.6 is 0 Å². The Labute approximate surface area is 137 Å². The molecule has 0 radical (unpaired) electrons. The maximum absolute atomic E-state index is 11.1. The van der Waals surface area contributed by atoms with E-state index < -0.39 is 0 Å². The molecular weight excluding hydrogens is 286 g/mol. The van der Waals surface area contributed by atoms with Crippen molar-refractivity contribution in [3.8, 4) is 0 Å². The predicted molar refractivity (Wildman–Crippen MR) is 93.3 cm³/mol. The third-order valence-corrected chi connectivity index (χ3v) is 4.47. The van der Waals surface area contributed by atoms with E-state index in [1.807, 2.05) is 12.1 Å². The molecule has 4 nitrogen and oxygen atoms in total. The first-order valence-corrected chi connectivity index (χ1v) is 8.06. The summed E-state index contributed by atoms with van der Waals surface area (Å²) in [6.07, 6.45) is 1.12. The van der Waals surface area contributed by atoms with Gasteiger partial charge in [-0.05, 0) is 43.2 Å². The smallest absolute Gasteiger partial charge is 0.248 e. The van der Waals surface area contributed by atoms with Crippen molar-refractivity contribution in [2.24, 2.45) is 5.73 Å². The second kappa shape index (κ2) is 6.84. The summed E-state index contributed by atoms with van der Waals surface area (Å²) < 4.78 is 0. The number of nitrogens with zero attached hydrogens (tertiary/aromatic N) is 1. The fourth-order valence-corrected chi connectivity index (χ4v) is 3.21. The van der Waals surface area contributed by atoms with Crippen LogP contribution in [0.4, 0.5) is 5.69 Å². The zero-order valence-electron chi connectivity index (χ0n) is 13.4. The van der Waals surface area contributed by atoms with Gasteiger partial charge in [0.25, 0.3) is 0 Å². The lowest BCUT2D eigenvalue weighted by atomic mass is 10.1. The first-order valence-electron chi connectivity index (χ1n) is 8.06. The van der Waals surface area contributed by atoms with Gasteiger partial charge < -0.3 is 11.1 Å². The number of hydrogen-bond donors (Lipinski definition) is 2. The average molecular weight is 309 g/mol. The molecule has 1 aliphatic heterocycles. The number of benzene rings is 2. The molecule has 4 heteroatoms. The molecular formula is C19H23N3O. The molecule has 0 bridgehead atoms. The first-order chi connectivity index (χ1) is 11.1. The van der Waals surface area contributed by atoms with Gasteiger partial charge in [-0.25, -0.2) is 0 Å². The van der Waals surface area contributed by atoms with Crippen molar-refractivity contribution in [3.63, 3.8) is 0 Å². The molecule has 1 amide bonds. The zero-order chi connectivity index (χ0) is 16.2. The number of nitrogens with one attached hydrogen (secondary N) is 1. The van der Waals surface area contributed by atoms with Crippen LogP contribution in [-0.2, 0) is 6.54 Å². The van der Waals surface area contributed by atoms with Crippen molar-refractivity contribution < 1.29 is 4.79 Å². The van der Waals surface area contributed by atoms with E-state index in [4.69, 9.17) is 5.73 Å². The zero-order valence-corrected chi connectivity index (χ0v) is 13.4. The lowest BCUT2D eigenvalue weighted by molar-refractivity contribution is 0.100. The van der Waals surface area contributed by atoms with Crippen LogP contribution in [0, 0.1) is 0 Å². The van der Waals surface area contributed by atoms with E-state index in [1.54, 1.807) is 12.1 Å². The number of carbonyl (C=O) groups excluding carboxylic acids is 1. The standard InChI is InChI=1S/C19H23N3O/c1-14-11-18(13-22(14)12-15-5-3-2-4-6-15)21-17-9-7-16(8-10-17)19(20)23/h2-10,14,18,21H,11-13H2,1H3,(H2,20,23). The summed E-state index contributed by atoms with van der Waals surface area (Å²) in [5.41, 5.74) is 8.20. The summed E-state index contributed by atoms with van der Waals surface area (Å²) in [4.78, 5) is 13.6. The fourth-order valence-electron chi connectivity index (χ4n) is 3.21. The molecule has 1 saturated heterocycles. The van der Waals surface area contributed by atoms with Gasteiger partial charge in [0.2, 0.25) is 5.91 Å². The van der Waals surface area contributed by atoms with Gasteiger partial charge in [0.1, 0.15) is 0 Å². The van der Waals surface area contributed by atoms with Crippen molar-refractivity contribution in [2.75, 3.05) is 11.9 Å².